The Bertz CT molecular complexity index is 3820. The van der Waals surface area contributed by atoms with Gasteiger partial charge in [0.2, 0.25) is 6.29 Å². The number of carbonyl (C=O) groups excluding carboxylic acids is 3. The number of methoxy groups -OCH3 is 2. The van der Waals surface area contributed by atoms with Crippen molar-refractivity contribution >= 4 is 46.2 Å². The number of hydrogen-bond acceptors (Lipinski definition) is 20. The number of hydrogen-bond donors (Lipinski definition) is 5. The first-order valence-electron chi connectivity index (χ1n) is 28.1. The van der Waals surface area contributed by atoms with E-state index in [2.05, 4.69) is 22.3 Å². The lowest BCUT2D eigenvalue weighted by Gasteiger charge is -2.39. The molecule has 3 amide bonds. The van der Waals surface area contributed by atoms with Gasteiger partial charge in [-0.05, 0) is 128 Å². The molecule has 11 rings (SSSR count). The Morgan fingerprint density at radius 1 is 0.713 bits per heavy atom. The monoisotopic (exact) mass is 1210 g/mol. The maximum atomic E-state index is 14.6. The van der Waals surface area contributed by atoms with Crippen LogP contribution in [-0.2, 0) is 60.8 Å². The van der Waals surface area contributed by atoms with Gasteiger partial charge in [0.25, 0.3) is 17.7 Å². The number of benzene rings is 6. The van der Waals surface area contributed by atoms with Gasteiger partial charge in [-0.1, -0.05) is 42.5 Å². The highest BCUT2D eigenvalue weighted by Gasteiger charge is 2.45. The van der Waals surface area contributed by atoms with E-state index < -0.39 is 65.4 Å². The van der Waals surface area contributed by atoms with Gasteiger partial charge in [-0.3, -0.25) is 24.4 Å². The molecule has 0 bridgehead atoms. The Balaban J connectivity index is 0.777. The summed E-state index contributed by atoms with van der Waals surface area (Å²) in [5.41, 5.74) is 8.00. The van der Waals surface area contributed by atoms with Gasteiger partial charge < -0.3 is 77.2 Å². The SMILES string of the molecule is COc1cc2c(cc1OCc1cc(COc3cc4c(cc3OC)C(=O)N3Cc5cc(OS(=O)(=O)Oc6cc(C(=O)NC(C)C)ccc6OC6O[C@H](CO)[C@H](O)[C@H](O)[C@H]6O)ccc5C[C@H]3C=N4)cc(CN(C)C)c1)C=N[C@@H]1Cc3ccccc3CN1C2=O. The zero-order valence-corrected chi connectivity index (χ0v) is 49.3. The van der Waals surface area contributed by atoms with Crippen molar-refractivity contribution in [1.29, 1.82) is 0 Å². The molecule has 1 fully saturated rings. The number of aliphatic hydroxyl groups excluding tert-OH is 4. The fourth-order valence-electron chi connectivity index (χ4n) is 11.2. The first kappa shape index (κ1) is 60.1. The van der Waals surface area contributed by atoms with E-state index in [1.807, 2.05) is 44.4 Å². The Morgan fingerprint density at radius 3 is 2.08 bits per heavy atom. The van der Waals surface area contributed by atoms with Gasteiger partial charge in [-0.2, -0.15) is 0 Å². The van der Waals surface area contributed by atoms with Gasteiger partial charge in [-0.15, -0.1) is 8.42 Å². The third-order valence-corrected chi connectivity index (χ3v) is 16.2. The summed E-state index contributed by atoms with van der Waals surface area (Å²) in [6.45, 7) is 4.08. The van der Waals surface area contributed by atoms with Crippen LogP contribution in [0, 0.1) is 0 Å². The minimum Gasteiger partial charge on any atom is -0.493 e. The van der Waals surface area contributed by atoms with Crippen LogP contribution in [0.1, 0.15) is 89.4 Å². The summed E-state index contributed by atoms with van der Waals surface area (Å²) in [6.07, 6.45) is -4.39. The van der Waals surface area contributed by atoms with Crippen molar-refractivity contribution in [3.8, 4) is 40.2 Å². The number of carbonyl (C=O) groups is 3. The number of amides is 3. The molecular weight excluding hydrogens is 1140 g/mol. The van der Waals surface area contributed by atoms with Crippen molar-refractivity contribution in [3.05, 3.63) is 164 Å². The van der Waals surface area contributed by atoms with Gasteiger partial charge in [0, 0.05) is 61.7 Å². The molecule has 5 aliphatic rings. The molecule has 24 heteroatoms. The summed E-state index contributed by atoms with van der Waals surface area (Å²) >= 11 is 0. The number of aliphatic hydroxyl groups is 4. The molecule has 0 aromatic heterocycles. The lowest BCUT2D eigenvalue weighted by Crippen LogP contribution is -2.60. The van der Waals surface area contributed by atoms with Gasteiger partial charge >= 0.3 is 10.4 Å². The number of aliphatic imine (C=N–C) groups is 2. The zero-order chi connectivity index (χ0) is 61.4. The molecule has 1 saturated heterocycles. The van der Waals surface area contributed by atoms with Gasteiger partial charge in [0.1, 0.15) is 49.5 Å². The van der Waals surface area contributed by atoms with Crippen LogP contribution in [0.2, 0.25) is 0 Å². The van der Waals surface area contributed by atoms with Crippen molar-refractivity contribution in [3.63, 3.8) is 0 Å². The maximum absolute atomic E-state index is 14.6. The molecule has 5 N–H and O–H groups in total. The average Bonchev–Trinajstić information content (AvgIpc) is 3.68. The first-order chi connectivity index (χ1) is 41.7. The maximum Gasteiger partial charge on any atom is 0.501 e. The number of nitrogens with one attached hydrogen (secondary N) is 1. The van der Waals surface area contributed by atoms with E-state index >= 15 is 0 Å². The van der Waals surface area contributed by atoms with Gasteiger partial charge in [0.15, 0.2) is 34.5 Å². The Morgan fingerprint density at radius 2 is 1.38 bits per heavy atom. The van der Waals surface area contributed by atoms with Crippen LogP contribution < -0.4 is 37.4 Å². The minimum atomic E-state index is -5.04. The summed E-state index contributed by atoms with van der Waals surface area (Å²) in [4.78, 5) is 56.7. The number of ether oxygens (including phenoxy) is 6. The Kier molecular flexibility index (Phi) is 17.3. The Hall–Kier alpha value is -8.62. The van der Waals surface area contributed by atoms with E-state index in [0.29, 0.717) is 65.6 Å². The van der Waals surface area contributed by atoms with E-state index in [4.69, 9.17) is 46.8 Å². The second-order valence-corrected chi connectivity index (χ2v) is 23.5. The van der Waals surface area contributed by atoms with E-state index in [0.717, 1.165) is 33.9 Å². The smallest absolute Gasteiger partial charge is 0.493 e. The zero-order valence-electron chi connectivity index (χ0n) is 48.5. The molecule has 456 valence electrons. The second-order valence-electron chi connectivity index (χ2n) is 22.3. The fraction of sp³-hybridized carbons (Fsp3) is 0.349. The summed E-state index contributed by atoms with van der Waals surface area (Å²) in [5.74, 6) is -0.703. The number of rotatable bonds is 19. The first-order valence-corrected chi connectivity index (χ1v) is 29.5. The van der Waals surface area contributed by atoms with Crippen molar-refractivity contribution < 1.29 is 80.0 Å². The quantitative estimate of drug-likeness (QED) is 0.0698. The number of nitrogens with zero attached hydrogens (tertiary/aromatic N) is 5. The summed E-state index contributed by atoms with van der Waals surface area (Å²) in [7, 11) is 1.93. The molecule has 5 heterocycles. The van der Waals surface area contributed by atoms with Crippen molar-refractivity contribution in [2.75, 3.05) is 34.9 Å². The highest BCUT2D eigenvalue weighted by molar-refractivity contribution is 7.82. The summed E-state index contributed by atoms with van der Waals surface area (Å²) in [5, 5.41) is 43.7. The van der Waals surface area contributed by atoms with Crippen LogP contribution in [0.4, 0.5) is 5.69 Å². The number of fused-ring (bicyclic) bond motifs is 6. The summed E-state index contributed by atoms with van der Waals surface area (Å²) in [6, 6.07) is 28.3. The van der Waals surface area contributed by atoms with Crippen molar-refractivity contribution in [2.45, 2.75) is 108 Å². The van der Waals surface area contributed by atoms with Gasteiger partial charge in [0.05, 0.1) is 43.7 Å². The molecule has 6 aromatic rings. The summed E-state index contributed by atoms with van der Waals surface area (Å²) < 4.78 is 74.1. The molecular formula is C63H66N6O17S. The molecule has 5 aliphatic heterocycles. The van der Waals surface area contributed by atoms with E-state index in [-0.39, 0.29) is 72.2 Å². The molecule has 0 saturated carbocycles. The second kappa shape index (κ2) is 25.0. The van der Waals surface area contributed by atoms with Crippen LogP contribution >= 0.6 is 0 Å². The molecule has 7 atom stereocenters. The van der Waals surface area contributed by atoms with Crippen molar-refractivity contribution in [2.24, 2.45) is 9.98 Å². The highest BCUT2D eigenvalue weighted by Crippen LogP contribution is 2.41. The van der Waals surface area contributed by atoms with Crippen LogP contribution in [0.15, 0.2) is 113 Å². The molecule has 23 nitrogen and oxygen atoms in total. The fourth-order valence-corrected chi connectivity index (χ4v) is 11.9. The molecule has 0 radical (unpaired) electrons. The van der Waals surface area contributed by atoms with Gasteiger partial charge in [-0.25, -0.2) is 0 Å². The third-order valence-electron chi connectivity index (χ3n) is 15.4. The van der Waals surface area contributed by atoms with E-state index in [9.17, 15) is 43.2 Å². The molecule has 87 heavy (non-hydrogen) atoms. The van der Waals surface area contributed by atoms with Crippen molar-refractivity contribution in [1.82, 2.24) is 20.0 Å². The van der Waals surface area contributed by atoms with Crippen LogP contribution in [0.25, 0.3) is 0 Å². The predicted octanol–water partition coefficient (Wildman–Crippen LogP) is 5.18. The lowest BCUT2D eigenvalue weighted by molar-refractivity contribution is -0.277. The molecule has 1 unspecified atom stereocenters. The minimum absolute atomic E-state index is 0.0321. The van der Waals surface area contributed by atoms with E-state index in [1.54, 1.807) is 73.5 Å². The topological polar surface area (TPSA) is 287 Å². The van der Waals surface area contributed by atoms with Crippen LogP contribution in [0.3, 0.4) is 0 Å². The van der Waals surface area contributed by atoms with Crippen LogP contribution in [0.5, 0.6) is 40.2 Å². The normalized spacial score (nSPS) is 21.1. The predicted molar refractivity (Wildman–Crippen MR) is 315 cm³/mol. The van der Waals surface area contributed by atoms with Crippen LogP contribution in [-0.4, -0.2) is 158 Å². The highest BCUT2D eigenvalue weighted by atomic mass is 32.3. The third kappa shape index (κ3) is 12.9. The Labute approximate surface area is 502 Å². The molecule has 6 aromatic carbocycles. The largest absolute Gasteiger partial charge is 0.501 e. The molecule has 0 aliphatic carbocycles. The standard InChI is InChI=1S/C63H66N6O17S/c1-34(2)66-60(74)40-12-14-49(83-63-59(73)58(72)57(71)55(31-70)84-63)54(20-40)86-87(77,78)85-45-13-11-39-18-44-27-64-48-25-53(51(80-6)24-47(48)62(76)68(44)30-43(39)19-45)82-33-37-16-35(28-67(3)4)15-36(17-37)32-81-52-21-42-26-65-56-22-38-9-7-8-10-41(38)29-69(56)61(75)46(42)23-50(52)79-5/h7-17,19-21,23-27,34,44,55-59,63,70-73H,18,22,28-33H2,1-6H3,(H,66,74)/t44-,55+,56-,57-,58-,59+,63?/m0/s1. The average molecular weight is 1210 g/mol. The van der Waals surface area contributed by atoms with E-state index in [1.165, 1.54) is 36.9 Å². The molecule has 0 spiro atoms. The lowest BCUT2D eigenvalue weighted by atomic mass is 9.94.